The van der Waals surface area contributed by atoms with E-state index >= 15 is 0 Å². The van der Waals surface area contributed by atoms with Crippen LogP contribution in [-0.4, -0.2) is 77.4 Å². The molecule has 19 heavy (non-hydrogen) atoms. The van der Waals surface area contributed by atoms with Crippen molar-refractivity contribution in [3.8, 4) is 0 Å². The van der Waals surface area contributed by atoms with Crippen LogP contribution in [0.2, 0.25) is 0 Å². The predicted molar refractivity (Wildman–Crippen MR) is 74.6 cm³/mol. The van der Waals surface area contributed by atoms with Crippen LogP contribution in [0, 0.1) is 0 Å². The van der Waals surface area contributed by atoms with Gasteiger partial charge in [0.25, 0.3) is 0 Å². The molecule has 0 spiro atoms. The van der Waals surface area contributed by atoms with Gasteiger partial charge in [0.1, 0.15) is 0 Å². The lowest BCUT2D eigenvalue weighted by molar-refractivity contribution is 0.00206. The van der Waals surface area contributed by atoms with Gasteiger partial charge in [-0.2, -0.15) is 0 Å². The Morgan fingerprint density at radius 2 is 1.11 bits per heavy atom. The molecule has 1 aliphatic heterocycles. The van der Waals surface area contributed by atoms with Gasteiger partial charge in [0.05, 0.1) is 52.9 Å². The van der Waals surface area contributed by atoms with Crippen LogP contribution in [0.4, 0.5) is 0 Å². The summed E-state index contributed by atoms with van der Waals surface area (Å²) < 4.78 is 21.9. The lowest BCUT2D eigenvalue weighted by Crippen LogP contribution is -2.32. The molecule has 0 bridgehead atoms. The molecule has 0 aromatic rings. The summed E-state index contributed by atoms with van der Waals surface area (Å²) in [5.41, 5.74) is 0. The molecule has 0 aromatic carbocycles. The Kier molecular flexibility index (Phi) is 11.4. The average molecular weight is 275 g/mol. The molecule has 0 amide bonds. The van der Waals surface area contributed by atoms with Gasteiger partial charge >= 0.3 is 0 Å². The molecule has 0 saturated carbocycles. The van der Waals surface area contributed by atoms with Gasteiger partial charge in [-0.05, 0) is 13.0 Å². The van der Waals surface area contributed by atoms with E-state index in [-0.39, 0.29) is 0 Å². The molecule has 0 atom stereocenters. The van der Waals surface area contributed by atoms with Crippen molar-refractivity contribution in [3.05, 3.63) is 0 Å². The van der Waals surface area contributed by atoms with Gasteiger partial charge in [-0.3, -0.25) is 4.90 Å². The summed E-state index contributed by atoms with van der Waals surface area (Å²) in [6.07, 6.45) is 2.45. The number of hydrogen-bond donors (Lipinski definition) is 0. The average Bonchev–Trinajstić information content (AvgIpc) is 2.44. The Hall–Kier alpha value is -0.200. The van der Waals surface area contributed by atoms with Crippen molar-refractivity contribution in [1.29, 1.82) is 0 Å². The van der Waals surface area contributed by atoms with Gasteiger partial charge in [-0.1, -0.05) is 13.3 Å². The molecule has 0 aliphatic carbocycles. The van der Waals surface area contributed by atoms with Crippen molar-refractivity contribution < 1.29 is 18.9 Å². The number of ether oxygens (including phenoxy) is 4. The summed E-state index contributed by atoms with van der Waals surface area (Å²) in [5, 5.41) is 0. The van der Waals surface area contributed by atoms with Crippen LogP contribution < -0.4 is 0 Å². The molecule has 1 rings (SSSR count). The molecular formula is C14H29NO4. The van der Waals surface area contributed by atoms with Crippen molar-refractivity contribution in [2.45, 2.75) is 19.8 Å². The highest BCUT2D eigenvalue weighted by atomic mass is 16.6. The molecule has 1 fully saturated rings. The highest BCUT2D eigenvalue weighted by molar-refractivity contribution is 4.57. The van der Waals surface area contributed by atoms with Gasteiger partial charge in [-0.25, -0.2) is 0 Å². The third-order valence-corrected chi connectivity index (χ3v) is 3.05. The van der Waals surface area contributed by atoms with Crippen molar-refractivity contribution in [3.63, 3.8) is 0 Å². The second kappa shape index (κ2) is 12.8. The second-order valence-corrected chi connectivity index (χ2v) is 4.64. The van der Waals surface area contributed by atoms with E-state index in [2.05, 4.69) is 11.8 Å². The minimum atomic E-state index is 0.631. The molecule has 1 heterocycles. The molecule has 0 radical (unpaired) electrons. The first-order valence-electron chi connectivity index (χ1n) is 7.47. The number of nitrogens with zero attached hydrogens (tertiary/aromatic N) is 1. The van der Waals surface area contributed by atoms with Crippen LogP contribution in [0.3, 0.4) is 0 Å². The number of rotatable bonds is 3. The Morgan fingerprint density at radius 3 is 1.53 bits per heavy atom. The van der Waals surface area contributed by atoms with E-state index < -0.39 is 0 Å². The summed E-state index contributed by atoms with van der Waals surface area (Å²) >= 11 is 0. The lowest BCUT2D eigenvalue weighted by Gasteiger charge is -2.21. The van der Waals surface area contributed by atoms with E-state index in [1.54, 1.807) is 0 Å². The standard InChI is InChI=1S/C14H29NO4/c1-2-3-4-15-5-7-16-9-11-18-13-14-19-12-10-17-8-6-15/h2-14H2,1H3. The highest BCUT2D eigenvalue weighted by Crippen LogP contribution is 1.96. The zero-order valence-corrected chi connectivity index (χ0v) is 12.3. The first-order valence-corrected chi connectivity index (χ1v) is 7.47. The number of hydrogen-bond acceptors (Lipinski definition) is 5. The first kappa shape index (κ1) is 16.9. The summed E-state index contributed by atoms with van der Waals surface area (Å²) in [4.78, 5) is 2.41. The topological polar surface area (TPSA) is 40.2 Å². The maximum absolute atomic E-state index is 5.57. The molecule has 0 unspecified atom stereocenters. The molecule has 1 saturated heterocycles. The Balaban J connectivity index is 2.21. The van der Waals surface area contributed by atoms with Crippen molar-refractivity contribution in [2.24, 2.45) is 0 Å². The quantitative estimate of drug-likeness (QED) is 0.773. The Morgan fingerprint density at radius 1 is 0.684 bits per heavy atom. The smallest absolute Gasteiger partial charge is 0.0701 e. The molecule has 5 heteroatoms. The maximum atomic E-state index is 5.57. The normalized spacial score (nSPS) is 22.6. The van der Waals surface area contributed by atoms with Gasteiger partial charge in [-0.15, -0.1) is 0 Å². The maximum Gasteiger partial charge on any atom is 0.0701 e. The van der Waals surface area contributed by atoms with Crippen molar-refractivity contribution >= 4 is 0 Å². The summed E-state index contributed by atoms with van der Waals surface area (Å²) in [7, 11) is 0. The molecule has 1 aliphatic rings. The van der Waals surface area contributed by atoms with Crippen LogP contribution in [-0.2, 0) is 18.9 Å². The van der Waals surface area contributed by atoms with Crippen LogP contribution in [0.5, 0.6) is 0 Å². The summed E-state index contributed by atoms with van der Waals surface area (Å²) in [6.45, 7) is 10.7. The Labute approximate surface area is 117 Å². The fraction of sp³-hybridized carbons (Fsp3) is 1.00. The molecule has 114 valence electrons. The lowest BCUT2D eigenvalue weighted by atomic mass is 10.3. The third kappa shape index (κ3) is 10.3. The van der Waals surface area contributed by atoms with E-state index in [1.807, 2.05) is 0 Å². The largest absolute Gasteiger partial charge is 0.378 e. The highest BCUT2D eigenvalue weighted by Gasteiger charge is 2.05. The minimum Gasteiger partial charge on any atom is -0.378 e. The van der Waals surface area contributed by atoms with Crippen LogP contribution in [0.15, 0.2) is 0 Å². The molecule has 0 aromatic heterocycles. The van der Waals surface area contributed by atoms with E-state index in [0.29, 0.717) is 39.6 Å². The third-order valence-electron chi connectivity index (χ3n) is 3.05. The number of unbranched alkanes of at least 4 members (excludes halogenated alkanes) is 1. The van der Waals surface area contributed by atoms with Gasteiger partial charge in [0.15, 0.2) is 0 Å². The summed E-state index contributed by atoms with van der Waals surface area (Å²) in [5.74, 6) is 0. The predicted octanol–water partition coefficient (Wildman–Crippen LogP) is 1.17. The van der Waals surface area contributed by atoms with Gasteiger partial charge < -0.3 is 18.9 Å². The fourth-order valence-corrected chi connectivity index (χ4v) is 1.87. The van der Waals surface area contributed by atoms with Crippen LogP contribution >= 0.6 is 0 Å². The monoisotopic (exact) mass is 275 g/mol. The van der Waals surface area contributed by atoms with Crippen molar-refractivity contribution in [1.82, 2.24) is 4.90 Å². The van der Waals surface area contributed by atoms with E-state index in [4.69, 9.17) is 18.9 Å². The van der Waals surface area contributed by atoms with Gasteiger partial charge in [0.2, 0.25) is 0 Å². The van der Waals surface area contributed by atoms with E-state index in [0.717, 1.165) is 32.8 Å². The van der Waals surface area contributed by atoms with E-state index in [1.165, 1.54) is 12.8 Å². The molecular weight excluding hydrogens is 246 g/mol. The van der Waals surface area contributed by atoms with Crippen molar-refractivity contribution in [2.75, 3.05) is 72.5 Å². The van der Waals surface area contributed by atoms with Crippen LogP contribution in [0.25, 0.3) is 0 Å². The zero-order chi connectivity index (χ0) is 13.6. The fourth-order valence-electron chi connectivity index (χ4n) is 1.87. The Bertz CT molecular complexity index is 176. The second-order valence-electron chi connectivity index (χ2n) is 4.64. The minimum absolute atomic E-state index is 0.631. The van der Waals surface area contributed by atoms with Crippen LogP contribution in [0.1, 0.15) is 19.8 Å². The van der Waals surface area contributed by atoms with E-state index in [9.17, 15) is 0 Å². The molecule has 0 N–H and O–H groups in total. The molecule has 5 nitrogen and oxygen atoms in total. The SMILES string of the molecule is CCCCN1CCOCCOCCOCCOCC1. The van der Waals surface area contributed by atoms with Gasteiger partial charge in [0, 0.05) is 13.1 Å². The summed E-state index contributed by atoms with van der Waals surface area (Å²) in [6, 6.07) is 0. The zero-order valence-electron chi connectivity index (χ0n) is 12.3. The first-order chi connectivity index (χ1) is 9.43.